The van der Waals surface area contributed by atoms with E-state index in [4.69, 9.17) is 5.11 Å². The smallest absolute Gasteiger partial charge is 0.130 e. The Balaban J connectivity index is -0.000000158. The van der Waals surface area contributed by atoms with Crippen LogP contribution in [0.3, 0.4) is 0 Å². The van der Waals surface area contributed by atoms with Crippen LogP contribution >= 0.6 is 0 Å². The predicted octanol–water partition coefficient (Wildman–Crippen LogP) is 2.44. The number of aliphatic hydroxyl groups excluding tert-OH is 1. The molecule has 0 heterocycles. The van der Waals surface area contributed by atoms with Crippen molar-refractivity contribution in [2.45, 2.75) is 34.1 Å². The number of carbonyl (C=O) groups excluding carboxylic acids is 1. The Morgan fingerprint density at radius 2 is 1.93 bits per heavy atom. The highest BCUT2D eigenvalue weighted by Crippen LogP contribution is 1.97. The van der Waals surface area contributed by atoms with Crippen molar-refractivity contribution in [3.63, 3.8) is 0 Å². The first kappa shape index (κ1) is 19.8. The van der Waals surface area contributed by atoms with Gasteiger partial charge in [0.1, 0.15) is 5.78 Å². The molecule has 0 atom stereocenters. The number of ether oxygens (including phenoxy) is 1. The molecule has 0 amide bonds. The number of aliphatic hydroxyl groups is 1. The van der Waals surface area contributed by atoms with Crippen LogP contribution in [-0.2, 0) is 9.53 Å². The van der Waals surface area contributed by atoms with E-state index in [1.165, 1.54) is 0 Å². The number of rotatable bonds is 4. The summed E-state index contributed by atoms with van der Waals surface area (Å²) in [7, 11) is 1.55. The monoisotopic (exact) mass is 218 g/mol. The van der Waals surface area contributed by atoms with Crippen molar-refractivity contribution in [2.75, 3.05) is 20.3 Å². The van der Waals surface area contributed by atoms with Crippen LogP contribution in [0.4, 0.5) is 0 Å². The predicted molar refractivity (Wildman–Crippen MR) is 65.0 cm³/mol. The van der Waals surface area contributed by atoms with Gasteiger partial charge in [0.2, 0.25) is 0 Å². The van der Waals surface area contributed by atoms with Gasteiger partial charge in [0.25, 0.3) is 0 Å². The highest BCUT2D eigenvalue weighted by Gasteiger charge is 1.95. The van der Waals surface area contributed by atoms with Gasteiger partial charge >= 0.3 is 0 Å². The molecule has 0 saturated heterocycles. The number of methoxy groups -OCH3 is 1. The average Bonchev–Trinajstić information content (AvgIpc) is 2.05. The number of allylic oxidation sites excluding steroid dienone is 1. The second-order valence-corrected chi connectivity index (χ2v) is 3.42. The van der Waals surface area contributed by atoms with Crippen LogP contribution in [0.25, 0.3) is 0 Å². The van der Waals surface area contributed by atoms with E-state index in [9.17, 15) is 4.79 Å². The minimum atomic E-state index is 0.122. The molecular weight excluding hydrogens is 192 g/mol. The van der Waals surface area contributed by atoms with Crippen molar-refractivity contribution >= 4 is 5.78 Å². The summed E-state index contributed by atoms with van der Waals surface area (Å²) in [5.74, 6) is 0.813. The fourth-order valence-electron chi connectivity index (χ4n) is 0.666. The summed E-state index contributed by atoms with van der Waals surface area (Å²) >= 11 is 0. The van der Waals surface area contributed by atoms with E-state index in [1.54, 1.807) is 20.1 Å². The molecule has 0 radical (unpaired) electrons. The molecule has 0 aliphatic carbocycles. The molecule has 0 saturated carbocycles. The maximum absolute atomic E-state index is 10.3. The van der Waals surface area contributed by atoms with Crippen LogP contribution in [-0.4, -0.2) is 31.2 Å². The standard InChI is InChI=1S/C6H12O.C3H8O2.C3H6/c1-5(2)4-6(3)7;1-5-3-2-4;1-3-2/h5H,4H2,1-3H3;4H,2-3H2,1H3;3H,1H2,2H3. The summed E-state index contributed by atoms with van der Waals surface area (Å²) in [6.45, 7) is 11.5. The first-order valence-electron chi connectivity index (χ1n) is 5.12. The second-order valence-electron chi connectivity index (χ2n) is 3.42. The fourth-order valence-corrected chi connectivity index (χ4v) is 0.666. The lowest BCUT2D eigenvalue weighted by Gasteiger charge is -1.95. The van der Waals surface area contributed by atoms with E-state index in [-0.39, 0.29) is 12.4 Å². The van der Waals surface area contributed by atoms with Crippen LogP contribution in [0, 0.1) is 5.92 Å². The zero-order valence-corrected chi connectivity index (χ0v) is 10.7. The van der Waals surface area contributed by atoms with Crippen molar-refractivity contribution in [1.29, 1.82) is 0 Å². The van der Waals surface area contributed by atoms with Crippen molar-refractivity contribution < 1.29 is 14.6 Å². The molecule has 0 spiro atoms. The van der Waals surface area contributed by atoms with Crippen molar-refractivity contribution in [3.8, 4) is 0 Å². The summed E-state index contributed by atoms with van der Waals surface area (Å²) in [6, 6.07) is 0. The quantitative estimate of drug-likeness (QED) is 0.737. The van der Waals surface area contributed by atoms with E-state index in [0.29, 0.717) is 12.5 Å². The van der Waals surface area contributed by atoms with Gasteiger partial charge in [-0.2, -0.15) is 0 Å². The molecule has 0 fully saturated rings. The summed E-state index contributed by atoms with van der Waals surface area (Å²) < 4.78 is 4.44. The van der Waals surface area contributed by atoms with Gasteiger partial charge in [0, 0.05) is 13.5 Å². The van der Waals surface area contributed by atoms with Gasteiger partial charge in [-0.3, -0.25) is 0 Å². The van der Waals surface area contributed by atoms with E-state index >= 15 is 0 Å². The molecule has 1 N–H and O–H groups in total. The van der Waals surface area contributed by atoms with Crippen LogP contribution in [0.2, 0.25) is 0 Å². The van der Waals surface area contributed by atoms with Crippen LogP contribution < -0.4 is 0 Å². The Kier molecular flexibility index (Phi) is 25.1. The molecule has 0 aliphatic heterocycles. The molecule has 0 rings (SSSR count). The van der Waals surface area contributed by atoms with Crippen molar-refractivity contribution in [1.82, 2.24) is 0 Å². The largest absolute Gasteiger partial charge is 0.394 e. The van der Waals surface area contributed by atoms with Crippen LogP contribution in [0.5, 0.6) is 0 Å². The Labute approximate surface area is 94.1 Å². The molecule has 0 aromatic rings. The van der Waals surface area contributed by atoms with Gasteiger partial charge in [-0.1, -0.05) is 19.9 Å². The summed E-state index contributed by atoms with van der Waals surface area (Å²) in [4.78, 5) is 10.3. The molecular formula is C12H26O3. The molecule has 0 unspecified atom stereocenters. The molecule has 3 nitrogen and oxygen atoms in total. The molecule has 92 valence electrons. The first-order chi connectivity index (χ1) is 6.95. The zero-order valence-electron chi connectivity index (χ0n) is 10.7. The lowest BCUT2D eigenvalue weighted by Crippen LogP contribution is -1.95. The van der Waals surface area contributed by atoms with Crippen LogP contribution in [0.1, 0.15) is 34.1 Å². The minimum Gasteiger partial charge on any atom is -0.394 e. The third kappa shape index (κ3) is 60.2. The van der Waals surface area contributed by atoms with E-state index in [0.717, 1.165) is 6.42 Å². The van der Waals surface area contributed by atoms with Gasteiger partial charge in [0.15, 0.2) is 0 Å². The Morgan fingerprint density at radius 1 is 1.53 bits per heavy atom. The lowest BCUT2D eigenvalue weighted by molar-refractivity contribution is -0.117. The molecule has 0 bridgehead atoms. The van der Waals surface area contributed by atoms with Crippen molar-refractivity contribution in [2.24, 2.45) is 5.92 Å². The number of Topliss-reactive ketones (excluding diaryl/α,β-unsaturated/α-hetero) is 1. The maximum atomic E-state index is 10.3. The normalized spacial score (nSPS) is 8.20. The first-order valence-corrected chi connectivity index (χ1v) is 5.12. The molecule has 0 aliphatic rings. The summed E-state index contributed by atoms with van der Waals surface area (Å²) in [5, 5.41) is 7.94. The second kappa shape index (κ2) is 19.0. The van der Waals surface area contributed by atoms with Crippen LogP contribution in [0.15, 0.2) is 12.7 Å². The summed E-state index contributed by atoms with van der Waals surface area (Å²) in [6.07, 6.45) is 2.47. The maximum Gasteiger partial charge on any atom is 0.130 e. The Hall–Kier alpha value is -0.670. The Morgan fingerprint density at radius 3 is 1.93 bits per heavy atom. The molecule has 0 aromatic heterocycles. The fraction of sp³-hybridized carbons (Fsp3) is 0.750. The summed E-state index contributed by atoms with van der Waals surface area (Å²) in [5.41, 5.74) is 0. The van der Waals surface area contributed by atoms with Gasteiger partial charge in [-0.25, -0.2) is 0 Å². The van der Waals surface area contributed by atoms with Gasteiger partial charge in [0.05, 0.1) is 13.2 Å². The minimum absolute atomic E-state index is 0.122. The number of hydrogen-bond acceptors (Lipinski definition) is 3. The highest BCUT2D eigenvalue weighted by molar-refractivity contribution is 5.75. The van der Waals surface area contributed by atoms with Gasteiger partial charge in [-0.15, -0.1) is 6.58 Å². The third-order valence-electron chi connectivity index (χ3n) is 0.991. The molecule has 3 heteroatoms. The molecule has 0 aromatic carbocycles. The SMILES string of the molecule is C=CC.CC(=O)CC(C)C.COCCO. The lowest BCUT2D eigenvalue weighted by atomic mass is 10.1. The topological polar surface area (TPSA) is 46.5 Å². The zero-order chi connectivity index (χ0) is 12.7. The average molecular weight is 218 g/mol. The van der Waals surface area contributed by atoms with E-state index in [1.807, 2.05) is 20.8 Å². The van der Waals surface area contributed by atoms with Crippen molar-refractivity contribution in [3.05, 3.63) is 12.7 Å². The number of ketones is 1. The third-order valence-corrected chi connectivity index (χ3v) is 0.991. The number of carbonyl (C=O) groups is 1. The van der Waals surface area contributed by atoms with E-state index in [2.05, 4.69) is 11.3 Å². The van der Waals surface area contributed by atoms with Gasteiger partial charge in [-0.05, 0) is 19.8 Å². The Bertz CT molecular complexity index is 129. The van der Waals surface area contributed by atoms with Gasteiger partial charge < -0.3 is 14.6 Å². The highest BCUT2D eigenvalue weighted by atomic mass is 16.5. The molecule has 15 heavy (non-hydrogen) atoms. The van der Waals surface area contributed by atoms with E-state index < -0.39 is 0 Å². The number of hydrogen-bond donors (Lipinski definition) is 1.